The van der Waals surface area contributed by atoms with Gasteiger partial charge in [-0.3, -0.25) is 25.0 Å². The fourth-order valence-corrected chi connectivity index (χ4v) is 4.14. The number of nitro benzene ring substituents is 1. The molecule has 1 saturated heterocycles. The van der Waals surface area contributed by atoms with Gasteiger partial charge >= 0.3 is 6.03 Å². The SMILES string of the molecule is COc1cc(N2C(=O)NC(=O)/C(=C\c3ccc(OCc4ccc([N+](=O)[O-])cc4)c(Cl)c3)C2=O)c(OC)cc1Cl. The zero-order valence-corrected chi connectivity index (χ0v) is 21.9. The fraction of sp³-hybridized carbons (Fsp3) is 0.115. The lowest BCUT2D eigenvalue weighted by Gasteiger charge is -2.28. The number of nitrogens with one attached hydrogen (secondary N) is 1. The quantitative estimate of drug-likeness (QED) is 0.169. The molecule has 3 aromatic carbocycles. The van der Waals surface area contributed by atoms with Gasteiger partial charge in [0.25, 0.3) is 17.5 Å². The van der Waals surface area contributed by atoms with Crippen LogP contribution in [0.15, 0.2) is 60.2 Å². The lowest BCUT2D eigenvalue weighted by Crippen LogP contribution is -2.54. The predicted molar refractivity (Wildman–Crippen MR) is 142 cm³/mol. The van der Waals surface area contributed by atoms with Gasteiger partial charge < -0.3 is 14.2 Å². The van der Waals surface area contributed by atoms with E-state index in [0.29, 0.717) is 16.9 Å². The monoisotopic (exact) mass is 571 g/mol. The Morgan fingerprint density at radius 3 is 2.21 bits per heavy atom. The van der Waals surface area contributed by atoms with Gasteiger partial charge in [0.2, 0.25) is 0 Å². The van der Waals surface area contributed by atoms with Gasteiger partial charge in [0.05, 0.1) is 34.9 Å². The first-order chi connectivity index (χ1) is 18.6. The van der Waals surface area contributed by atoms with Crippen molar-refractivity contribution in [3.63, 3.8) is 0 Å². The molecular weight excluding hydrogens is 553 g/mol. The van der Waals surface area contributed by atoms with Gasteiger partial charge in [-0.1, -0.05) is 29.3 Å². The van der Waals surface area contributed by atoms with Crippen LogP contribution in [-0.2, 0) is 16.2 Å². The van der Waals surface area contributed by atoms with Crippen molar-refractivity contribution in [1.29, 1.82) is 0 Å². The summed E-state index contributed by atoms with van der Waals surface area (Å²) in [5.74, 6) is -1.19. The van der Waals surface area contributed by atoms with Crippen LogP contribution in [0.2, 0.25) is 10.0 Å². The van der Waals surface area contributed by atoms with E-state index < -0.39 is 22.8 Å². The predicted octanol–water partition coefficient (Wildman–Crippen LogP) is 5.16. The average molecular weight is 572 g/mol. The molecule has 0 unspecified atom stereocenters. The summed E-state index contributed by atoms with van der Waals surface area (Å²) in [5.41, 5.74) is 0.723. The van der Waals surface area contributed by atoms with Gasteiger partial charge in [0.1, 0.15) is 29.4 Å². The van der Waals surface area contributed by atoms with Gasteiger partial charge in [-0.25, -0.2) is 9.69 Å². The third kappa shape index (κ3) is 5.79. The number of nitro groups is 1. The van der Waals surface area contributed by atoms with Crippen molar-refractivity contribution >= 4 is 58.5 Å². The Kier molecular flexibility index (Phi) is 8.03. The number of nitrogens with zero attached hydrogens (tertiary/aromatic N) is 2. The number of carbonyl (C=O) groups is 3. The summed E-state index contributed by atoms with van der Waals surface area (Å²) in [7, 11) is 2.70. The van der Waals surface area contributed by atoms with Crippen molar-refractivity contribution in [3.8, 4) is 17.2 Å². The molecule has 13 heteroatoms. The largest absolute Gasteiger partial charge is 0.495 e. The number of methoxy groups -OCH3 is 2. The number of amides is 4. The Bertz CT molecular complexity index is 1520. The summed E-state index contributed by atoms with van der Waals surface area (Å²) in [4.78, 5) is 49.6. The highest BCUT2D eigenvalue weighted by molar-refractivity contribution is 6.40. The first kappa shape index (κ1) is 27.4. The van der Waals surface area contributed by atoms with E-state index in [9.17, 15) is 24.5 Å². The minimum Gasteiger partial charge on any atom is -0.495 e. The summed E-state index contributed by atoms with van der Waals surface area (Å²) in [6.07, 6.45) is 1.28. The van der Waals surface area contributed by atoms with Crippen LogP contribution in [0.5, 0.6) is 17.2 Å². The maximum absolute atomic E-state index is 13.3. The summed E-state index contributed by atoms with van der Waals surface area (Å²) in [5, 5.41) is 13.3. The molecule has 4 amide bonds. The lowest BCUT2D eigenvalue weighted by molar-refractivity contribution is -0.384. The Morgan fingerprint density at radius 1 is 0.923 bits per heavy atom. The molecule has 0 radical (unpaired) electrons. The van der Waals surface area contributed by atoms with E-state index in [0.717, 1.165) is 4.90 Å². The number of non-ortho nitro benzene ring substituents is 1. The second kappa shape index (κ2) is 11.4. The molecule has 11 nitrogen and oxygen atoms in total. The van der Waals surface area contributed by atoms with Gasteiger partial charge in [0, 0.05) is 24.3 Å². The number of hydrogen-bond acceptors (Lipinski definition) is 8. The van der Waals surface area contributed by atoms with Gasteiger partial charge in [-0.15, -0.1) is 0 Å². The number of imide groups is 2. The minimum atomic E-state index is -0.974. The van der Waals surface area contributed by atoms with Crippen molar-refractivity contribution in [3.05, 3.63) is 91.5 Å². The molecule has 0 bridgehead atoms. The summed E-state index contributed by atoms with van der Waals surface area (Å²) in [6.45, 7) is 0.0997. The standard InChI is InChI=1S/C26H19Cl2N3O8/c1-37-22-12-20(23(38-2)11-19(22)28)30-25(33)17(24(32)29-26(30)34)9-15-5-8-21(18(27)10-15)39-13-14-3-6-16(7-4-14)31(35)36/h3-12H,13H2,1-2H3,(H,29,32,34)/b17-9+. The normalized spacial score (nSPS) is 14.3. The smallest absolute Gasteiger partial charge is 0.336 e. The minimum absolute atomic E-state index is 0.0210. The maximum Gasteiger partial charge on any atom is 0.336 e. The number of ether oxygens (including phenoxy) is 3. The number of anilines is 1. The summed E-state index contributed by atoms with van der Waals surface area (Å²) >= 11 is 12.5. The van der Waals surface area contributed by atoms with E-state index in [1.807, 2.05) is 0 Å². The van der Waals surface area contributed by atoms with Crippen molar-refractivity contribution in [2.24, 2.45) is 0 Å². The van der Waals surface area contributed by atoms with Gasteiger partial charge in [0.15, 0.2) is 0 Å². The first-order valence-corrected chi connectivity index (χ1v) is 11.9. The summed E-state index contributed by atoms with van der Waals surface area (Å²) < 4.78 is 16.2. The van der Waals surface area contributed by atoms with E-state index in [-0.39, 0.29) is 45.1 Å². The Hall–Kier alpha value is -4.61. The van der Waals surface area contributed by atoms with Crippen LogP contribution < -0.4 is 24.4 Å². The Morgan fingerprint density at radius 2 is 1.59 bits per heavy atom. The van der Waals surface area contributed by atoms with Gasteiger partial charge in [-0.2, -0.15) is 0 Å². The first-order valence-electron chi connectivity index (χ1n) is 11.1. The number of hydrogen-bond donors (Lipinski definition) is 1. The number of benzene rings is 3. The lowest BCUT2D eigenvalue weighted by atomic mass is 10.1. The Labute approximate surface area is 231 Å². The molecule has 1 aliphatic heterocycles. The second-order valence-corrected chi connectivity index (χ2v) is 8.83. The number of rotatable bonds is 8. The van der Waals surface area contributed by atoms with Crippen LogP contribution in [-0.4, -0.2) is 37.0 Å². The number of barbiturate groups is 1. The summed E-state index contributed by atoms with van der Waals surface area (Å²) in [6, 6.07) is 12.2. The Balaban J connectivity index is 1.58. The van der Waals surface area contributed by atoms with Crippen LogP contribution in [0.25, 0.3) is 6.08 Å². The molecule has 0 aliphatic carbocycles. The molecule has 4 rings (SSSR count). The van der Waals surface area contributed by atoms with Crippen LogP contribution in [0, 0.1) is 10.1 Å². The molecule has 1 N–H and O–H groups in total. The van der Waals surface area contributed by atoms with Crippen LogP contribution in [0.4, 0.5) is 16.2 Å². The molecular formula is C26H19Cl2N3O8. The van der Waals surface area contributed by atoms with Crippen molar-refractivity contribution in [1.82, 2.24) is 5.32 Å². The van der Waals surface area contributed by atoms with Crippen molar-refractivity contribution in [2.75, 3.05) is 19.1 Å². The second-order valence-electron chi connectivity index (χ2n) is 8.02. The molecule has 39 heavy (non-hydrogen) atoms. The van der Waals surface area contributed by atoms with E-state index in [1.165, 1.54) is 50.6 Å². The van der Waals surface area contributed by atoms with E-state index >= 15 is 0 Å². The van der Waals surface area contributed by atoms with Crippen LogP contribution in [0.1, 0.15) is 11.1 Å². The molecule has 0 spiro atoms. The highest BCUT2D eigenvalue weighted by Crippen LogP contribution is 2.39. The molecule has 1 heterocycles. The van der Waals surface area contributed by atoms with E-state index in [1.54, 1.807) is 24.3 Å². The molecule has 1 aliphatic rings. The van der Waals surface area contributed by atoms with Crippen LogP contribution >= 0.6 is 23.2 Å². The topological polar surface area (TPSA) is 137 Å². The number of urea groups is 1. The molecule has 0 atom stereocenters. The third-order valence-corrected chi connectivity index (χ3v) is 6.20. The highest BCUT2D eigenvalue weighted by atomic mass is 35.5. The molecule has 0 aromatic heterocycles. The van der Waals surface area contributed by atoms with Crippen molar-refractivity contribution in [2.45, 2.75) is 6.61 Å². The zero-order valence-electron chi connectivity index (χ0n) is 20.4. The number of halogens is 2. The van der Waals surface area contributed by atoms with Crippen LogP contribution in [0.3, 0.4) is 0 Å². The molecule has 3 aromatic rings. The fourth-order valence-electron chi connectivity index (χ4n) is 3.66. The molecule has 1 fully saturated rings. The van der Waals surface area contributed by atoms with Crippen molar-refractivity contribution < 1.29 is 33.5 Å². The maximum atomic E-state index is 13.3. The van der Waals surface area contributed by atoms with E-state index in [4.69, 9.17) is 37.4 Å². The zero-order chi connectivity index (χ0) is 28.3. The highest BCUT2D eigenvalue weighted by Gasteiger charge is 2.38. The average Bonchev–Trinajstić information content (AvgIpc) is 2.91. The molecule has 200 valence electrons. The third-order valence-electron chi connectivity index (χ3n) is 5.60. The number of carbonyl (C=O) groups excluding carboxylic acids is 3. The molecule has 0 saturated carbocycles. The van der Waals surface area contributed by atoms with Gasteiger partial charge in [-0.05, 0) is 41.5 Å². The van der Waals surface area contributed by atoms with E-state index in [2.05, 4.69) is 5.32 Å².